The van der Waals surface area contributed by atoms with Crippen LogP contribution in [0.25, 0.3) is 0 Å². The van der Waals surface area contributed by atoms with Crippen molar-refractivity contribution < 1.29 is 4.79 Å². The van der Waals surface area contributed by atoms with Crippen LogP contribution in [-0.2, 0) is 6.42 Å². The lowest BCUT2D eigenvalue weighted by atomic mass is 10.0. The van der Waals surface area contributed by atoms with Gasteiger partial charge in [-0.3, -0.25) is 4.79 Å². The normalized spacial score (nSPS) is 10.8. The van der Waals surface area contributed by atoms with E-state index >= 15 is 0 Å². The second-order valence-electron chi connectivity index (χ2n) is 4.25. The molecule has 17 heavy (non-hydrogen) atoms. The van der Waals surface area contributed by atoms with Crippen molar-refractivity contribution in [1.29, 1.82) is 0 Å². The Morgan fingerprint density at radius 2 is 1.88 bits per heavy atom. The highest BCUT2D eigenvalue weighted by Gasteiger charge is 2.08. The van der Waals surface area contributed by atoms with Gasteiger partial charge in [-0.1, -0.05) is 39.0 Å². The van der Waals surface area contributed by atoms with E-state index in [1.165, 1.54) is 5.56 Å². The van der Waals surface area contributed by atoms with E-state index < -0.39 is 0 Å². The summed E-state index contributed by atoms with van der Waals surface area (Å²) in [4.78, 5) is 14.3. The van der Waals surface area contributed by atoms with Crippen LogP contribution in [0.2, 0.25) is 0 Å². The van der Waals surface area contributed by atoms with Crippen LogP contribution in [0.1, 0.15) is 43.1 Å². The highest BCUT2D eigenvalue weighted by molar-refractivity contribution is 5.96. The summed E-state index contributed by atoms with van der Waals surface area (Å²) in [5, 5.41) is 0. The Balaban J connectivity index is 2.57. The van der Waals surface area contributed by atoms with Crippen molar-refractivity contribution in [2.45, 2.75) is 33.6 Å². The summed E-state index contributed by atoms with van der Waals surface area (Å²) in [7, 11) is 0. The molecule has 0 bridgehead atoms. The van der Waals surface area contributed by atoms with Crippen molar-refractivity contribution in [3.8, 4) is 0 Å². The summed E-state index contributed by atoms with van der Waals surface area (Å²) in [6.07, 6.45) is 1.60. The summed E-state index contributed by atoms with van der Waals surface area (Å²) in [5.74, 6) is 0.257. The Hall–Kier alpha value is -1.15. The first kappa shape index (κ1) is 13.9. The molecule has 0 radical (unpaired) electrons. The zero-order chi connectivity index (χ0) is 12.7. The third-order valence-corrected chi connectivity index (χ3v) is 3.21. The van der Waals surface area contributed by atoms with Crippen LogP contribution in [-0.4, -0.2) is 30.3 Å². The molecule has 2 nitrogen and oxygen atoms in total. The number of Topliss-reactive ketones (excluding diaryl/α,β-unsaturated/α-hetero) is 1. The van der Waals surface area contributed by atoms with Crippen molar-refractivity contribution in [3.63, 3.8) is 0 Å². The first-order chi connectivity index (χ1) is 8.21. The predicted octanol–water partition coefficient (Wildman–Crippen LogP) is 3.16. The lowest BCUT2D eigenvalue weighted by Crippen LogP contribution is -2.25. The maximum Gasteiger partial charge on any atom is 0.164 e. The van der Waals surface area contributed by atoms with Crippen LogP contribution >= 0.6 is 0 Å². The Kier molecular flexibility index (Phi) is 5.92. The molecule has 0 fully saturated rings. The third-order valence-electron chi connectivity index (χ3n) is 3.21. The van der Waals surface area contributed by atoms with E-state index in [1.54, 1.807) is 0 Å². The summed E-state index contributed by atoms with van der Waals surface area (Å²) >= 11 is 0. The Morgan fingerprint density at radius 3 is 2.47 bits per heavy atom. The van der Waals surface area contributed by atoms with Gasteiger partial charge in [-0.05, 0) is 31.1 Å². The van der Waals surface area contributed by atoms with Gasteiger partial charge in [-0.15, -0.1) is 0 Å². The molecule has 0 atom stereocenters. The molecule has 0 aliphatic rings. The van der Waals surface area contributed by atoms with Crippen molar-refractivity contribution in [2.24, 2.45) is 0 Å². The minimum Gasteiger partial charge on any atom is -0.303 e. The molecule has 1 aromatic rings. The second-order valence-corrected chi connectivity index (χ2v) is 4.25. The zero-order valence-electron chi connectivity index (χ0n) is 11.2. The highest BCUT2D eigenvalue weighted by atomic mass is 16.1. The Labute approximate surface area is 105 Å². The number of carbonyl (C=O) groups is 1. The monoisotopic (exact) mass is 233 g/mol. The fourth-order valence-corrected chi connectivity index (χ4v) is 1.91. The molecule has 0 heterocycles. The fourth-order valence-electron chi connectivity index (χ4n) is 1.91. The topological polar surface area (TPSA) is 20.3 Å². The predicted molar refractivity (Wildman–Crippen MR) is 72.6 cm³/mol. The first-order valence-electron chi connectivity index (χ1n) is 6.55. The van der Waals surface area contributed by atoms with Crippen LogP contribution in [0, 0.1) is 0 Å². The molecule has 0 N–H and O–H groups in total. The van der Waals surface area contributed by atoms with Gasteiger partial charge in [0.05, 0.1) is 0 Å². The molecule has 0 amide bonds. The van der Waals surface area contributed by atoms with Crippen LogP contribution in [0.4, 0.5) is 0 Å². The Bertz CT molecular complexity index is 356. The van der Waals surface area contributed by atoms with E-state index in [-0.39, 0.29) is 5.78 Å². The number of hydrogen-bond donors (Lipinski definition) is 0. The number of nitrogens with zero attached hydrogens (tertiary/aromatic N) is 1. The molecule has 0 unspecified atom stereocenters. The smallest absolute Gasteiger partial charge is 0.164 e. The Morgan fingerprint density at radius 1 is 1.18 bits per heavy atom. The van der Waals surface area contributed by atoms with E-state index in [2.05, 4.69) is 31.7 Å². The van der Waals surface area contributed by atoms with Crippen LogP contribution in [0.5, 0.6) is 0 Å². The summed E-state index contributed by atoms with van der Waals surface area (Å²) in [5.41, 5.74) is 2.09. The van der Waals surface area contributed by atoms with Crippen molar-refractivity contribution in [2.75, 3.05) is 19.6 Å². The molecule has 0 aromatic heterocycles. The van der Waals surface area contributed by atoms with E-state index in [0.29, 0.717) is 6.42 Å². The summed E-state index contributed by atoms with van der Waals surface area (Å²) < 4.78 is 0. The van der Waals surface area contributed by atoms with Gasteiger partial charge in [0.15, 0.2) is 5.78 Å². The highest BCUT2D eigenvalue weighted by Crippen LogP contribution is 2.09. The minimum absolute atomic E-state index is 0.257. The molecule has 0 saturated heterocycles. The molecule has 1 rings (SSSR count). The van der Waals surface area contributed by atoms with Gasteiger partial charge >= 0.3 is 0 Å². The molecule has 0 aliphatic carbocycles. The lowest BCUT2D eigenvalue weighted by Gasteiger charge is -2.17. The number of rotatable bonds is 7. The van der Waals surface area contributed by atoms with Crippen molar-refractivity contribution in [1.82, 2.24) is 4.90 Å². The molecular formula is C15H23NO. The van der Waals surface area contributed by atoms with Crippen molar-refractivity contribution in [3.05, 3.63) is 35.4 Å². The molecule has 1 aromatic carbocycles. The van der Waals surface area contributed by atoms with E-state index in [9.17, 15) is 4.79 Å². The van der Waals surface area contributed by atoms with Gasteiger partial charge < -0.3 is 4.90 Å². The van der Waals surface area contributed by atoms with E-state index in [1.807, 2.05) is 18.2 Å². The van der Waals surface area contributed by atoms with E-state index in [4.69, 9.17) is 0 Å². The first-order valence-corrected chi connectivity index (χ1v) is 6.55. The van der Waals surface area contributed by atoms with Gasteiger partial charge in [0, 0.05) is 18.5 Å². The molecule has 0 spiro atoms. The molecule has 0 aliphatic heterocycles. The number of aryl methyl sites for hydroxylation is 1. The maximum absolute atomic E-state index is 12.0. The fraction of sp³-hybridized carbons (Fsp3) is 0.533. The molecule has 0 saturated carbocycles. The van der Waals surface area contributed by atoms with Crippen LogP contribution in [0.3, 0.4) is 0 Å². The average molecular weight is 233 g/mol. The maximum atomic E-state index is 12.0. The van der Waals surface area contributed by atoms with E-state index in [0.717, 1.165) is 31.6 Å². The number of ketones is 1. The number of benzene rings is 1. The molecule has 2 heteroatoms. The SMILES string of the molecule is CCc1cccc(C(=O)CCN(CC)CC)c1. The quantitative estimate of drug-likeness (QED) is 0.674. The summed E-state index contributed by atoms with van der Waals surface area (Å²) in [6, 6.07) is 7.99. The largest absolute Gasteiger partial charge is 0.303 e. The van der Waals surface area contributed by atoms with Gasteiger partial charge in [0.2, 0.25) is 0 Å². The molecule has 94 valence electrons. The average Bonchev–Trinajstić information content (AvgIpc) is 2.39. The van der Waals surface area contributed by atoms with Gasteiger partial charge in [0.1, 0.15) is 0 Å². The summed E-state index contributed by atoms with van der Waals surface area (Å²) in [6.45, 7) is 9.26. The number of hydrogen-bond acceptors (Lipinski definition) is 2. The number of carbonyl (C=O) groups excluding carboxylic acids is 1. The molecular weight excluding hydrogens is 210 g/mol. The minimum atomic E-state index is 0.257. The van der Waals surface area contributed by atoms with Crippen LogP contribution < -0.4 is 0 Å². The third kappa shape index (κ3) is 4.31. The van der Waals surface area contributed by atoms with Crippen molar-refractivity contribution >= 4 is 5.78 Å². The lowest BCUT2D eigenvalue weighted by molar-refractivity contribution is 0.0966. The van der Waals surface area contributed by atoms with Gasteiger partial charge in [-0.25, -0.2) is 0 Å². The zero-order valence-corrected chi connectivity index (χ0v) is 11.2. The van der Waals surface area contributed by atoms with Crippen LogP contribution in [0.15, 0.2) is 24.3 Å². The second kappa shape index (κ2) is 7.23. The van der Waals surface area contributed by atoms with Gasteiger partial charge in [-0.2, -0.15) is 0 Å². The standard InChI is InChI=1S/C15H23NO/c1-4-13-8-7-9-14(12-13)15(17)10-11-16(5-2)6-3/h7-9,12H,4-6,10-11H2,1-3H3. The van der Waals surface area contributed by atoms with Gasteiger partial charge in [0.25, 0.3) is 0 Å².